The minimum Gasteiger partial charge on any atom is -0.383 e. The number of nitrogens with zero attached hydrogens (tertiary/aromatic N) is 4. The Kier molecular flexibility index (Phi) is 5.59. The number of aromatic nitrogens is 6. The predicted molar refractivity (Wildman–Crippen MR) is 112 cm³/mol. The predicted octanol–water partition coefficient (Wildman–Crippen LogP) is 0.733. The number of carbonyl (C=O) groups excluding carboxylic acids is 1. The fourth-order valence-electron chi connectivity index (χ4n) is 2.90. The summed E-state index contributed by atoms with van der Waals surface area (Å²) in [5, 5.41) is 12.1. The zero-order valence-corrected chi connectivity index (χ0v) is 16.7. The smallest absolute Gasteiger partial charge is 0.329 e. The first-order chi connectivity index (χ1) is 14.5. The van der Waals surface area contributed by atoms with Crippen molar-refractivity contribution < 1.29 is 9.53 Å². The molecular weight excluding hydrogens is 410 g/mol. The van der Waals surface area contributed by atoms with Crippen LogP contribution in [-0.2, 0) is 16.1 Å². The van der Waals surface area contributed by atoms with E-state index in [-0.39, 0.29) is 24.7 Å². The van der Waals surface area contributed by atoms with Gasteiger partial charge in [-0.25, -0.2) is 9.78 Å². The minimum atomic E-state index is -0.626. The van der Waals surface area contributed by atoms with Crippen LogP contribution < -0.4 is 16.6 Å². The van der Waals surface area contributed by atoms with E-state index in [1.165, 1.54) is 11.7 Å². The van der Waals surface area contributed by atoms with Gasteiger partial charge in [0.05, 0.1) is 18.9 Å². The number of aromatic amines is 2. The average Bonchev–Trinajstić information content (AvgIpc) is 3.09. The highest BCUT2D eigenvalue weighted by Crippen LogP contribution is 2.23. The van der Waals surface area contributed by atoms with Gasteiger partial charge in [0.15, 0.2) is 5.65 Å². The van der Waals surface area contributed by atoms with Crippen molar-refractivity contribution in [2.24, 2.45) is 0 Å². The van der Waals surface area contributed by atoms with Gasteiger partial charge in [-0.1, -0.05) is 30.0 Å². The molecule has 0 atom stereocenters. The highest BCUT2D eigenvalue weighted by molar-refractivity contribution is 7.99. The van der Waals surface area contributed by atoms with Gasteiger partial charge in [-0.05, 0) is 6.07 Å². The molecule has 1 amide bonds. The van der Waals surface area contributed by atoms with Crippen molar-refractivity contribution in [2.45, 2.75) is 11.7 Å². The molecule has 0 aliphatic carbocycles. The number of amides is 1. The molecule has 12 heteroatoms. The first-order valence-corrected chi connectivity index (χ1v) is 9.90. The second-order valence-electron chi connectivity index (χ2n) is 6.27. The van der Waals surface area contributed by atoms with E-state index in [9.17, 15) is 14.4 Å². The third-order valence-corrected chi connectivity index (χ3v) is 5.09. The molecule has 0 saturated carbocycles. The number of rotatable bonds is 7. The molecule has 4 rings (SSSR count). The van der Waals surface area contributed by atoms with Gasteiger partial charge in [0.2, 0.25) is 11.1 Å². The molecule has 0 aliphatic heterocycles. The number of ether oxygens (including phenoxy) is 1. The van der Waals surface area contributed by atoms with Crippen molar-refractivity contribution in [2.75, 3.05) is 24.8 Å². The van der Waals surface area contributed by atoms with Crippen LogP contribution in [0.25, 0.3) is 22.1 Å². The number of hydrogen-bond donors (Lipinski definition) is 3. The maximum atomic E-state index is 12.4. The lowest BCUT2D eigenvalue weighted by Gasteiger charge is -2.12. The van der Waals surface area contributed by atoms with E-state index < -0.39 is 17.2 Å². The highest BCUT2D eigenvalue weighted by atomic mass is 32.2. The zero-order chi connectivity index (χ0) is 21.1. The molecule has 30 heavy (non-hydrogen) atoms. The van der Waals surface area contributed by atoms with Crippen LogP contribution in [0, 0.1) is 0 Å². The molecule has 0 bridgehead atoms. The van der Waals surface area contributed by atoms with Gasteiger partial charge in [-0.2, -0.15) is 0 Å². The van der Waals surface area contributed by atoms with E-state index in [0.29, 0.717) is 16.3 Å². The summed E-state index contributed by atoms with van der Waals surface area (Å²) in [6, 6.07) is 8.81. The van der Waals surface area contributed by atoms with Crippen LogP contribution in [0.5, 0.6) is 0 Å². The Morgan fingerprint density at radius 2 is 2.07 bits per heavy atom. The Morgan fingerprint density at radius 1 is 1.23 bits per heavy atom. The maximum absolute atomic E-state index is 12.4. The van der Waals surface area contributed by atoms with E-state index >= 15 is 0 Å². The van der Waals surface area contributed by atoms with Crippen molar-refractivity contribution in [3.8, 4) is 0 Å². The molecule has 0 saturated heterocycles. The van der Waals surface area contributed by atoms with Crippen molar-refractivity contribution in [1.29, 1.82) is 0 Å². The average molecular weight is 427 g/mol. The molecule has 0 unspecified atom stereocenters. The number of hydrogen-bond acceptors (Lipinski definition) is 8. The van der Waals surface area contributed by atoms with E-state index in [1.807, 2.05) is 24.3 Å². The van der Waals surface area contributed by atoms with Crippen LogP contribution in [0.3, 0.4) is 0 Å². The quantitative estimate of drug-likeness (QED) is 0.366. The number of para-hydroxylation sites is 1. The van der Waals surface area contributed by atoms with Gasteiger partial charge < -0.3 is 15.0 Å². The first kappa shape index (κ1) is 19.8. The van der Waals surface area contributed by atoms with Gasteiger partial charge in [-0.3, -0.25) is 19.1 Å². The lowest BCUT2D eigenvalue weighted by atomic mass is 10.2. The van der Waals surface area contributed by atoms with E-state index in [2.05, 4.69) is 30.5 Å². The van der Waals surface area contributed by atoms with E-state index in [4.69, 9.17) is 4.74 Å². The molecule has 0 fully saturated rings. The summed E-state index contributed by atoms with van der Waals surface area (Å²) in [5.74, 6) is -0.355. The van der Waals surface area contributed by atoms with Crippen LogP contribution in [-0.4, -0.2) is 55.1 Å². The Morgan fingerprint density at radius 3 is 2.90 bits per heavy atom. The summed E-state index contributed by atoms with van der Waals surface area (Å²) >= 11 is 1.09. The Hall–Kier alpha value is -3.51. The standard InChI is InChI=1S/C18H17N7O4S/c1-29-7-6-25-12(8-13(26)21-18(25)28)20-14(27)9-30-17-22-16-15(23-24-17)10-4-2-3-5-11(10)19-16/h2-5,8H,6-7,9H2,1H3,(H,20,27)(H,19,22,24)(H,21,26,28). The second-order valence-corrected chi connectivity index (χ2v) is 7.21. The molecule has 0 radical (unpaired) electrons. The van der Waals surface area contributed by atoms with Crippen molar-refractivity contribution in [3.05, 3.63) is 51.2 Å². The molecule has 3 aromatic heterocycles. The topological polar surface area (TPSA) is 148 Å². The van der Waals surface area contributed by atoms with Gasteiger partial charge in [0.25, 0.3) is 5.56 Å². The van der Waals surface area contributed by atoms with E-state index in [1.54, 1.807) is 0 Å². The number of fused-ring (bicyclic) bond motifs is 3. The molecule has 4 aromatic rings. The van der Waals surface area contributed by atoms with E-state index in [0.717, 1.165) is 28.7 Å². The van der Waals surface area contributed by atoms with Crippen molar-refractivity contribution in [1.82, 2.24) is 29.7 Å². The lowest BCUT2D eigenvalue weighted by molar-refractivity contribution is -0.113. The van der Waals surface area contributed by atoms with Crippen LogP contribution in [0.15, 0.2) is 45.1 Å². The largest absolute Gasteiger partial charge is 0.383 e. The SMILES string of the molecule is COCCn1c(NC(=O)CSc2nnc3c(n2)[nH]c2ccccc23)cc(=O)[nH]c1=O. The normalized spacial score (nSPS) is 11.2. The monoisotopic (exact) mass is 427 g/mol. The summed E-state index contributed by atoms with van der Waals surface area (Å²) in [6.45, 7) is 0.423. The van der Waals surface area contributed by atoms with Crippen LogP contribution in [0.2, 0.25) is 0 Å². The van der Waals surface area contributed by atoms with Crippen molar-refractivity contribution >= 4 is 45.6 Å². The summed E-state index contributed by atoms with van der Waals surface area (Å²) in [4.78, 5) is 45.7. The van der Waals surface area contributed by atoms with Crippen molar-refractivity contribution in [3.63, 3.8) is 0 Å². The Balaban J connectivity index is 1.48. The summed E-state index contributed by atoms with van der Waals surface area (Å²) in [6.07, 6.45) is 0. The minimum absolute atomic E-state index is 0.0291. The maximum Gasteiger partial charge on any atom is 0.329 e. The third-order valence-electron chi connectivity index (χ3n) is 4.26. The van der Waals surface area contributed by atoms with Gasteiger partial charge in [0.1, 0.15) is 11.3 Å². The Bertz CT molecular complexity index is 1340. The molecule has 154 valence electrons. The highest BCUT2D eigenvalue weighted by Gasteiger charge is 2.13. The summed E-state index contributed by atoms with van der Waals surface area (Å²) in [5.41, 5.74) is 0.910. The fraction of sp³-hybridized carbons (Fsp3) is 0.222. The molecular formula is C18H17N7O4S. The summed E-state index contributed by atoms with van der Waals surface area (Å²) < 4.78 is 6.18. The number of thioether (sulfide) groups is 1. The zero-order valence-electron chi connectivity index (χ0n) is 15.8. The Labute approximate surface area is 172 Å². The van der Waals surface area contributed by atoms with Crippen LogP contribution in [0.1, 0.15) is 0 Å². The molecule has 0 aliphatic rings. The summed E-state index contributed by atoms with van der Waals surface area (Å²) in [7, 11) is 1.49. The van der Waals surface area contributed by atoms with Crippen LogP contribution in [0.4, 0.5) is 5.82 Å². The van der Waals surface area contributed by atoms with Gasteiger partial charge >= 0.3 is 5.69 Å². The number of methoxy groups -OCH3 is 1. The third kappa shape index (κ3) is 4.09. The van der Waals surface area contributed by atoms with Crippen LogP contribution >= 0.6 is 11.8 Å². The molecule has 11 nitrogen and oxygen atoms in total. The number of benzene rings is 1. The molecule has 3 heterocycles. The number of carbonyl (C=O) groups is 1. The number of H-pyrrole nitrogens is 2. The number of anilines is 1. The molecule has 0 spiro atoms. The molecule has 1 aromatic carbocycles. The molecule has 3 N–H and O–H groups in total. The number of nitrogens with one attached hydrogen (secondary N) is 3. The fourth-order valence-corrected chi connectivity index (χ4v) is 3.49. The first-order valence-electron chi connectivity index (χ1n) is 8.92. The second kappa shape index (κ2) is 8.47. The van der Waals surface area contributed by atoms with Gasteiger partial charge in [-0.15, -0.1) is 10.2 Å². The lowest BCUT2D eigenvalue weighted by Crippen LogP contribution is -2.34. The van der Waals surface area contributed by atoms with Gasteiger partial charge in [0, 0.05) is 24.1 Å².